The molecule has 94 valence electrons. The minimum atomic E-state index is -0.423. The second-order valence-electron chi connectivity index (χ2n) is 3.89. The van der Waals surface area contributed by atoms with Gasteiger partial charge in [0.1, 0.15) is 18.2 Å². The van der Waals surface area contributed by atoms with Crippen LogP contribution in [0.4, 0.5) is 4.39 Å². The molecule has 0 saturated heterocycles. The molecule has 2 aromatic carbocycles. The predicted octanol–water partition coefficient (Wildman–Crippen LogP) is 3.52. The fourth-order valence-corrected chi connectivity index (χ4v) is 1.72. The summed E-state index contributed by atoms with van der Waals surface area (Å²) in [4.78, 5) is 0. The van der Waals surface area contributed by atoms with Gasteiger partial charge in [-0.15, -0.1) is 0 Å². The zero-order valence-corrected chi connectivity index (χ0v) is 10.5. The average Bonchev–Trinajstić information content (AvgIpc) is 2.41. The van der Waals surface area contributed by atoms with Gasteiger partial charge >= 0.3 is 0 Å². The van der Waals surface area contributed by atoms with Crippen LogP contribution in [0.25, 0.3) is 0 Å². The van der Waals surface area contributed by atoms with Gasteiger partial charge in [-0.2, -0.15) is 0 Å². The van der Waals surface area contributed by atoms with E-state index in [0.717, 1.165) is 16.9 Å². The van der Waals surface area contributed by atoms with Gasteiger partial charge < -0.3 is 10.5 Å². The molecule has 0 radical (unpaired) electrons. The summed E-state index contributed by atoms with van der Waals surface area (Å²) in [5.74, 6) is 0.320. The minimum absolute atomic E-state index is 0.106. The first kappa shape index (κ1) is 12.9. The smallest absolute Gasteiger partial charge is 0.141 e. The van der Waals surface area contributed by atoms with Crippen molar-refractivity contribution in [3.05, 3.63) is 64.4 Å². The Kier molecular flexibility index (Phi) is 4.18. The van der Waals surface area contributed by atoms with Crippen molar-refractivity contribution in [3.63, 3.8) is 0 Å². The van der Waals surface area contributed by atoms with E-state index in [4.69, 9.17) is 22.1 Å². The Balaban J connectivity index is 1.99. The van der Waals surface area contributed by atoms with Crippen molar-refractivity contribution < 1.29 is 9.13 Å². The zero-order chi connectivity index (χ0) is 13.0. The molecule has 4 heteroatoms. The fourth-order valence-electron chi connectivity index (χ4n) is 1.52. The van der Waals surface area contributed by atoms with Crippen LogP contribution >= 0.6 is 11.6 Å². The third-order valence-electron chi connectivity index (χ3n) is 2.55. The van der Waals surface area contributed by atoms with E-state index in [0.29, 0.717) is 13.2 Å². The topological polar surface area (TPSA) is 35.2 Å². The fraction of sp³-hybridized carbons (Fsp3) is 0.143. The summed E-state index contributed by atoms with van der Waals surface area (Å²) in [5.41, 5.74) is 7.38. The molecule has 0 aromatic heterocycles. The van der Waals surface area contributed by atoms with E-state index in [9.17, 15) is 4.39 Å². The largest absolute Gasteiger partial charge is 0.489 e. The Labute approximate surface area is 110 Å². The molecule has 0 spiro atoms. The number of ether oxygens (including phenoxy) is 1. The summed E-state index contributed by atoms with van der Waals surface area (Å²) in [6.07, 6.45) is 0. The monoisotopic (exact) mass is 265 g/mol. The molecular weight excluding hydrogens is 253 g/mol. The summed E-state index contributed by atoms with van der Waals surface area (Å²) in [5, 5.41) is 0.106. The molecule has 2 aromatic rings. The molecule has 0 heterocycles. The first-order chi connectivity index (χ1) is 8.69. The van der Waals surface area contributed by atoms with Gasteiger partial charge in [0.15, 0.2) is 0 Å². The van der Waals surface area contributed by atoms with Crippen molar-refractivity contribution in [2.24, 2.45) is 5.73 Å². The summed E-state index contributed by atoms with van der Waals surface area (Å²) in [7, 11) is 0. The summed E-state index contributed by atoms with van der Waals surface area (Å²) in [6.45, 7) is 0.857. The van der Waals surface area contributed by atoms with Gasteiger partial charge in [0.2, 0.25) is 0 Å². The number of hydrogen-bond donors (Lipinski definition) is 1. The first-order valence-electron chi connectivity index (χ1n) is 5.55. The highest BCUT2D eigenvalue weighted by molar-refractivity contribution is 6.30. The average molecular weight is 266 g/mol. The van der Waals surface area contributed by atoms with E-state index in [1.54, 1.807) is 12.1 Å². The van der Waals surface area contributed by atoms with Crippen molar-refractivity contribution in [2.75, 3.05) is 0 Å². The molecule has 2 N–H and O–H groups in total. The molecule has 0 fully saturated rings. The van der Waals surface area contributed by atoms with Crippen LogP contribution in [0.15, 0.2) is 42.5 Å². The normalized spacial score (nSPS) is 10.4. The second kappa shape index (κ2) is 5.85. The number of hydrogen-bond acceptors (Lipinski definition) is 2. The molecule has 0 unspecified atom stereocenters. The molecule has 0 saturated carbocycles. The van der Waals surface area contributed by atoms with Crippen LogP contribution in [0.2, 0.25) is 5.02 Å². The number of benzene rings is 2. The van der Waals surface area contributed by atoms with Gasteiger partial charge in [0, 0.05) is 6.54 Å². The van der Waals surface area contributed by atoms with Crippen LogP contribution in [0, 0.1) is 5.82 Å². The van der Waals surface area contributed by atoms with Gasteiger partial charge in [-0.3, -0.25) is 0 Å². The SMILES string of the molecule is NCc1ccc(OCc2ccc(F)c(Cl)c2)cc1. The van der Waals surface area contributed by atoms with E-state index < -0.39 is 5.82 Å². The minimum Gasteiger partial charge on any atom is -0.489 e. The third-order valence-corrected chi connectivity index (χ3v) is 2.84. The highest BCUT2D eigenvalue weighted by Gasteiger charge is 2.02. The Hall–Kier alpha value is -1.58. The molecule has 0 aliphatic heterocycles. The number of nitrogens with two attached hydrogens (primary N) is 1. The summed E-state index contributed by atoms with van der Waals surface area (Å²) in [6, 6.07) is 12.1. The lowest BCUT2D eigenvalue weighted by molar-refractivity contribution is 0.306. The van der Waals surface area contributed by atoms with E-state index >= 15 is 0 Å². The van der Waals surface area contributed by atoms with Crippen molar-refractivity contribution >= 4 is 11.6 Å². The lowest BCUT2D eigenvalue weighted by Crippen LogP contribution is -1.98. The second-order valence-corrected chi connectivity index (χ2v) is 4.29. The lowest BCUT2D eigenvalue weighted by Gasteiger charge is -2.07. The van der Waals surface area contributed by atoms with E-state index in [-0.39, 0.29) is 5.02 Å². The van der Waals surface area contributed by atoms with Crippen LogP contribution in [0.5, 0.6) is 5.75 Å². The molecule has 18 heavy (non-hydrogen) atoms. The van der Waals surface area contributed by atoms with Crippen LogP contribution in [-0.4, -0.2) is 0 Å². The summed E-state index contributed by atoms with van der Waals surface area (Å²) < 4.78 is 18.5. The Bertz CT molecular complexity index is 528. The van der Waals surface area contributed by atoms with Crippen LogP contribution in [0.1, 0.15) is 11.1 Å². The Morgan fingerprint density at radius 2 is 1.72 bits per heavy atom. The van der Waals surface area contributed by atoms with Crippen LogP contribution in [-0.2, 0) is 13.2 Å². The maximum absolute atomic E-state index is 13.0. The first-order valence-corrected chi connectivity index (χ1v) is 5.92. The van der Waals surface area contributed by atoms with Gasteiger partial charge in [-0.1, -0.05) is 29.8 Å². The Morgan fingerprint density at radius 1 is 1.06 bits per heavy atom. The molecule has 2 nitrogen and oxygen atoms in total. The molecule has 2 rings (SSSR count). The molecule has 0 aliphatic rings. The van der Waals surface area contributed by atoms with E-state index in [2.05, 4.69) is 0 Å². The maximum Gasteiger partial charge on any atom is 0.141 e. The van der Waals surface area contributed by atoms with Crippen LogP contribution in [0.3, 0.4) is 0 Å². The van der Waals surface area contributed by atoms with Gasteiger partial charge in [0.05, 0.1) is 5.02 Å². The number of halogens is 2. The Morgan fingerprint density at radius 3 is 2.33 bits per heavy atom. The van der Waals surface area contributed by atoms with Crippen LogP contribution < -0.4 is 10.5 Å². The quantitative estimate of drug-likeness (QED) is 0.918. The highest BCUT2D eigenvalue weighted by Crippen LogP contribution is 2.18. The molecular formula is C14H13ClFNO. The molecule has 0 aliphatic carbocycles. The zero-order valence-electron chi connectivity index (χ0n) is 9.70. The molecule has 0 amide bonds. The van der Waals surface area contributed by atoms with Crippen molar-refractivity contribution in [1.29, 1.82) is 0 Å². The maximum atomic E-state index is 13.0. The molecule has 0 atom stereocenters. The van der Waals surface area contributed by atoms with E-state index in [1.165, 1.54) is 6.07 Å². The van der Waals surface area contributed by atoms with Gasteiger partial charge in [0.25, 0.3) is 0 Å². The standard InChI is InChI=1S/C14H13ClFNO/c15-13-7-11(3-6-14(13)16)9-18-12-4-1-10(8-17)2-5-12/h1-7H,8-9,17H2. The van der Waals surface area contributed by atoms with Crippen molar-refractivity contribution in [2.45, 2.75) is 13.2 Å². The van der Waals surface area contributed by atoms with Crippen molar-refractivity contribution in [1.82, 2.24) is 0 Å². The predicted molar refractivity (Wildman–Crippen MR) is 70.1 cm³/mol. The van der Waals surface area contributed by atoms with Gasteiger partial charge in [-0.05, 0) is 35.4 Å². The van der Waals surface area contributed by atoms with E-state index in [1.807, 2.05) is 24.3 Å². The van der Waals surface area contributed by atoms with Crippen molar-refractivity contribution in [3.8, 4) is 5.75 Å². The number of rotatable bonds is 4. The lowest BCUT2D eigenvalue weighted by atomic mass is 10.2. The third kappa shape index (κ3) is 3.22. The van der Waals surface area contributed by atoms with Gasteiger partial charge in [-0.25, -0.2) is 4.39 Å². The summed E-state index contributed by atoms with van der Waals surface area (Å²) >= 11 is 5.69. The molecule has 0 bridgehead atoms. The highest BCUT2D eigenvalue weighted by atomic mass is 35.5.